The molecule has 0 bridgehead atoms. The molecule has 0 spiro atoms. The van der Waals surface area contributed by atoms with Crippen LogP contribution in [0.25, 0.3) is 0 Å². The van der Waals surface area contributed by atoms with E-state index in [4.69, 9.17) is 0 Å². The lowest BCUT2D eigenvalue weighted by atomic mass is 10.2. The minimum atomic E-state index is -3.03. The van der Waals surface area contributed by atoms with Crippen molar-refractivity contribution < 1.29 is 19.0 Å². The molecular weight excluding hydrogens is 238 g/mol. The van der Waals surface area contributed by atoms with Crippen molar-refractivity contribution in [3.63, 3.8) is 0 Å². The van der Waals surface area contributed by atoms with Crippen LogP contribution < -0.4 is 4.73 Å². The molecule has 0 aliphatic rings. The Balaban J connectivity index is 2.28. The first kappa shape index (κ1) is 11.9. The molecule has 0 saturated carbocycles. The fourth-order valence-electron chi connectivity index (χ4n) is 1.56. The molecule has 0 unspecified atom stereocenters. The molecule has 4 nitrogen and oxygen atoms in total. The minimum absolute atomic E-state index is 0.0956. The minimum Gasteiger partial charge on any atom is -0.290 e. The van der Waals surface area contributed by atoms with Gasteiger partial charge in [0.2, 0.25) is 6.20 Å². The average molecular weight is 252 g/mol. The summed E-state index contributed by atoms with van der Waals surface area (Å²) in [5, 5.41) is 9.66. The van der Waals surface area contributed by atoms with Crippen molar-refractivity contribution in [2.75, 3.05) is 0 Å². The van der Waals surface area contributed by atoms with E-state index in [0.29, 0.717) is 0 Å². The van der Waals surface area contributed by atoms with E-state index in [1.54, 1.807) is 12.1 Å². The summed E-state index contributed by atoms with van der Waals surface area (Å²) in [4.78, 5) is 0. The smallest absolute Gasteiger partial charge is 0.290 e. The summed E-state index contributed by atoms with van der Waals surface area (Å²) < 4.78 is 20.9. The first-order chi connectivity index (χ1) is 8.09. The average Bonchev–Trinajstić information content (AvgIpc) is 2.30. The molecule has 0 amide bonds. The largest absolute Gasteiger partial charge is 0.344 e. The van der Waals surface area contributed by atoms with E-state index in [1.807, 2.05) is 30.3 Å². The Morgan fingerprint density at radius 2 is 1.59 bits per heavy atom. The van der Waals surface area contributed by atoms with Crippen LogP contribution in [0.4, 0.5) is 0 Å². The monoisotopic (exact) mass is 252 g/mol. The van der Waals surface area contributed by atoms with Gasteiger partial charge in [0.1, 0.15) is 0 Å². The molecule has 2 aromatic rings. The van der Waals surface area contributed by atoms with Crippen molar-refractivity contribution in [3.8, 4) is 0 Å². The predicted octanol–water partition coefficient (Wildman–Crippen LogP) is 2.52. The van der Waals surface area contributed by atoms with Crippen LogP contribution >= 0.6 is 10.6 Å². The van der Waals surface area contributed by atoms with Gasteiger partial charge in [0.15, 0.2) is 0 Å². The second-order valence-corrected chi connectivity index (χ2v) is 5.72. The number of pyridine rings is 1. The van der Waals surface area contributed by atoms with E-state index in [0.717, 1.165) is 10.3 Å². The quantitative estimate of drug-likeness (QED) is 0.581. The van der Waals surface area contributed by atoms with Crippen LogP contribution in [0.5, 0.6) is 0 Å². The Kier molecular flexibility index (Phi) is 3.33. The van der Waals surface area contributed by atoms with Gasteiger partial charge in [-0.15, -0.1) is 10.6 Å². The van der Waals surface area contributed by atoms with Gasteiger partial charge in [-0.3, -0.25) is 14.3 Å². The van der Waals surface area contributed by atoms with Gasteiger partial charge in [-0.05, 0) is 11.6 Å². The summed E-state index contributed by atoms with van der Waals surface area (Å²) in [7, 11) is -3.03. The van der Waals surface area contributed by atoms with E-state index in [2.05, 4.69) is 0 Å². The summed E-state index contributed by atoms with van der Waals surface area (Å²) in [6, 6.07) is 13.9. The summed E-state index contributed by atoms with van der Waals surface area (Å²) in [5.41, 5.74) is 0.816. The highest BCUT2D eigenvalue weighted by Gasteiger charge is 2.26. The number of benzene rings is 1. The Labute approximate surface area is 101 Å². The molecule has 1 aromatic heterocycles. The molecule has 0 saturated heterocycles. The van der Waals surface area contributed by atoms with Gasteiger partial charge in [0.25, 0.3) is 0 Å². The molecule has 0 radical (unpaired) electrons. The Morgan fingerprint density at radius 3 is 2.24 bits per heavy atom. The lowest BCUT2D eigenvalue weighted by Crippen LogP contribution is -2.35. The number of rotatable bonds is 3. The van der Waals surface area contributed by atoms with E-state index in [1.165, 1.54) is 12.3 Å². The molecule has 1 heterocycles. The molecule has 0 aliphatic heterocycles. The standard InChI is InChI=1S/C12H13NO3S/c14-13-9-5-4-8-12(13)17(15,16)10-11-6-2-1-3-7-11/h1-9H,10H2,(H2-,14,15,16)/p+1. The molecule has 1 aromatic carbocycles. The van der Waals surface area contributed by atoms with Crippen LogP contribution in [0, 0.1) is 0 Å². The molecule has 17 heavy (non-hydrogen) atoms. The molecule has 0 atom stereocenters. The van der Waals surface area contributed by atoms with Crippen molar-refractivity contribution in [3.05, 3.63) is 60.3 Å². The fraction of sp³-hybridized carbons (Fsp3) is 0.0833. The Hall–Kier alpha value is -1.56. The van der Waals surface area contributed by atoms with Crippen LogP contribution in [0.2, 0.25) is 0 Å². The second-order valence-electron chi connectivity index (χ2n) is 3.68. The van der Waals surface area contributed by atoms with Gasteiger partial charge >= 0.3 is 5.03 Å². The second kappa shape index (κ2) is 4.75. The van der Waals surface area contributed by atoms with Crippen LogP contribution in [0.3, 0.4) is 0 Å². The maximum atomic E-state index is 10.1. The van der Waals surface area contributed by atoms with Crippen LogP contribution in [-0.2, 0) is 5.75 Å². The van der Waals surface area contributed by atoms with Crippen LogP contribution in [0.15, 0.2) is 59.8 Å². The van der Waals surface area contributed by atoms with Crippen LogP contribution in [0.1, 0.15) is 5.56 Å². The van der Waals surface area contributed by atoms with Crippen molar-refractivity contribution >= 4 is 10.6 Å². The highest BCUT2D eigenvalue weighted by Crippen LogP contribution is 2.48. The van der Waals surface area contributed by atoms with Crippen LogP contribution in [-0.4, -0.2) is 14.3 Å². The fourth-order valence-corrected chi connectivity index (χ4v) is 3.02. The van der Waals surface area contributed by atoms with E-state index >= 15 is 0 Å². The maximum absolute atomic E-state index is 10.1. The third-order valence-corrected chi connectivity index (χ3v) is 4.08. The summed E-state index contributed by atoms with van der Waals surface area (Å²) >= 11 is 0. The maximum Gasteiger partial charge on any atom is 0.344 e. The van der Waals surface area contributed by atoms with Gasteiger partial charge in [0, 0.05) is 16.9 Å². The molecule has 2 rings (SSSR count). The van der Waals surface area contributed by atoms with Gasteiger partial charge < -0.3 is 0 Å². The molecular formula is C12H14NO3S+. The van der Waals surface area contributed by atoms with Crippen molar-refractivity contribution in [2.45, 2.75) is 10.8 Å². The molecule has 90 valence electrons. The number of hydrogen-bond donors (Lipinski definition) is 3. The van der Waals surface area contributed by atoms with Crippen molar-refractivity contribution in [2.24, 2.45) is 0 Å². The van der Waals surface area contributed by atoms with E-state index in [9.17, 15) is 14.3 Å². The molecule has 3 N–H and O–H groups in total. The highest BCUT2D eigenvalue weighted by molar-refractivity contribution is 8.23. The van der Waals surface area contributed by atoms with Gasteiger partial charge in [-0.25, -0.2) is 0 Å². The van der Waals surface area contributed by atoms with Crippen molar-refractivity contribution in [1.29, 1.82) is 0 Å². The highest BCUT2D eigenvalue weighted by atomic mass is 32.3. The SMILES string of the molecule is O[n+]1ccccc1S(O)(O)Cc1ccccc1. The Bertz CT molecular complexity index is 502. The normalized spacial score (nSPS) is 12.4. The Morgan fingerprint density at radius 1 is 0.941 bits per heavy atom. The molecule has 0 aliphatic carbocycles. The first-order valence-corrected chi connectivity index (χ1v) is 6.81. The zero-order valence-corrected chi connectivity index (χ0v) is 9.92. The van der Waals surface area contributed by atoms with Crippen molar-refractivity contribution in [1.82, 2.24) is 0 Å². The van der Waals surface area contributed by atoms with E-state index in [-0.39, 0.29) is 10.8 Å². The topological polar surface area (TPSA) is 64.6 Å². The first-order valence-electron chi connectivity index (χ1n) is 5.09. The third kappa shape index (κ3) is 2.76. The third-order valence-electron chi connectivity index (χ3n) is 2.35. The summed E-state index contributed by atoms with van der Waals surface area (Å²) in [5.74, 6) is 0.0956. The lowest BCUT2D eigenvalue weighted by Gasteiger charge is -2.27. The molecule has 0 fully saturated rings. The van der Waals surface area contributed by atoms with E-state index < -0.39 is 10.6 Å². The predicted molar refractivity (Wildman–Crippen MR) is 65.1 cm³/mol. The van der Waals surface area contributed by atoms with Gasteiger partial charge in [-0.2, -0.15) is 0 Å². The number of nitrogens with zero attached hydrogens (tertiary/aromatic N) is 1. The van der Waals surface area contributed by atoms with Gasteiger partial charge in [-0.1, -0.05) is 30.3 Å². The zero-order chi connectivity index (χ0) is 12.3. The zero-order valence-electron chi connectivity index (χ0n) is 9.10. The number of hydrogen-bond acceptors (Lipinski definition) is 3. The van der Waals surface area contributed by atoms with Gasteiger partial charge in [0.05, 0.1) is 5.75 Å². The lowest BCUT2D eigenvalue weighted by molar-refractivity contribution is -0.933. The summed E-state index contributed by atoms with van der Waals surface area (Å²) in [6.07, 6.45) is 1.37. The summed E-state index contributed by atoms with van der Waals surface area (Å²) in [6.45, 7) is 0. The number of aromatic nitrogens is 1. The molecule has 5 heteroatoms.